The van der Waals surface area contributed by atoms with Gasteiger partial charge in [0.2, 0.25) is 0 Å². The van der Waals surface area contributed by atoms with Crippen LogP contribution in [0.1, 0.15) is 313 Å². The maximum Gasteiger partial charge on any atom is 0.303 e. The summed E-state index contributed by atoms with van der Waals surface area (Å²) < 4.78 is 0. The molecule has 2 aromatic carbocycles. The second-order valence-electron chi connectivity index (χ2n) is 20.4. The van der Waals surface area contributed by atoms with E-state index >= 15 is 0 Å². The molecule has 0 atom stereocenters. The minimum absolute atomic E-state index is 0.890. The second kappa shape index (κ2) is 45.1. The maximum absolute atomic E-state index is 9.69. The topological polar surface area (TPSA) is 36.4 Å². The normalized spacial score (nSPS) is 11.6. The Bertz CT molecular complexity index is 1470. The van der Waals surface area contributed by atoms with Crippen molar-refractivity contribution in [2.45, 2.75) is 303 Å². The van der Waals surface area contributed by atoms with Crippen LogP contribution < -0.4 is 0 Å². The van der Waals surface area contributed by atoms with Gasteiger partial charge in [0.25, 0.3) is 0 Å². The number of aryl methyl sites for hydroxylation is 2. The fraction of sp³-hybridized carbons (Fsp3) is 0.746. The van der Waals surface area contributed by atoms with Crippen LogP contribution in [-0.2, 0) is 12.8 Å². The zero-order valence-corrected chi connectivity index (χ0v) is 43.7. The summed E-state index contributed by atoms with van der Waals surface area (Å²) in [5.74, 6) is 2.99. The Hall–Kier alpha value is -2.66. The first kappa shape index (κ1) is 58.5. The Balaban J connectivity index is 1.66. The van der Waals surface area contributed by atoms with Gasteiger partial charge in [-0.15, -0.1) is 4.79 Å². The molecule has 0 aliphatic rings. The van der Waals surface area contributed by atoms with Gasteiger partial charge in [-0.3, -0.25) is 0 Å². The number of rotatable bonds is 47. The van der Waals surface area contributed by atoms with Gasteiger partial charge in [-0.05, 0) is 72.4 Å². The van der Waals surface area contributed by atoms with Crippen molar-refractivity contribution in [2.75, 3.05) is 0 Å². The number of unbranched alkanes of at least 4 members (excludes halogenated alkanes) is 38. The largest absolute Gasteiger partial charge is 0.348 e. The summed E-state index contributed by atoms with van der Waals surface area (Å²) in [4.78, 5) is 3.43. The number of allylic oxidation sites excluding steroid dienone is 2. The zero-order chi connectivity index (χ0) is 46.4. The van der Waals surface area contributed by atoms with Crippen LogP contribution in [0.4, 0.5) is 0 Å². The van der Waals surface area contributed by atoms with Crippen molar-refractivity contribution in [3.8, 4) is 0 Å². The highest BCUT2D eigenvalue weighted by molar-refractivity contribution is 5.83. The van der Waals surface area contributed by atoms with E-state index < -0.39 is 0 Å². The highest BCUT2D eigenvalue weighted by atomic mass is 14.8. The van der Waals surface area contributed by atoms with Crippen LogP contribution in [0.25, 0.3) is 11.1 Å². The van der Waals surface area contributed by atoms with Crippen molar-refractivity contribution in [3.05, 3.63) is 88.0 Å². The molecule has 2 aromatic rings. The van der Waals surface area contributed by atoms with E-state index in [-0.39, 0.29) is 0 Å². The van der Waals surface area contributed by atoms with Gasteiger partial charge in [0.1, 0.15) is 0 Å². The lowest BCUT2D eigenvalue weighted by Gasteiger charge is -2.13. The molecule has 65 heavy (non-hydrogen) atoms. The molecule has 0 saturated heterocycles. The minimum atomic E-state index is 0.890. The van der Waals surface area contributed by atoms with Crippen LogP contribution >= 0.6 is 0 Å². The van der Waals surface area contributed by atoms with E-state index in [1.54, 1.807) is 0 Å². The van der Waals surface area contributed by atoms with Crippen molar-refractivity contribution in [1.29, 1.82) is 0 Å². The highest BCUT2D eigenvalue weighted by Crippen LogP contribution is 2.29. The zero-order valence-electron chi connectivity index (χ0n) is 43.7. The fourth-order valence-corrected chi connectivity index (χ4v) is 9.88. The first-order valence-corrected chi connectivity index (χ1v) is 29.1. The molecular formula is C63H106N2. The maximum atomic E-state index is 9.69. The van der Waals surface area contributed by atoms with Crippen LogP contribution in [0, 0.1) is 0 Å². The van der Waals surface area contributed by atoms with Crippen molar-refractivity contribution >= 4 is 11.4 Å². The Morgan fingerprint density at radius 3 is 1.00 bits per heavy atom. The van der Waals surface area contributed by atoms with Gasteiger partial charge in [-0.1, -0.05) is 313 Å². The molecule has 0 N–H and O–H groups in total. The number of benzene rings is 2. The van der Waals surface area contributed by atoms with E-state index in [0.29, 0.717) is 0 Å². The van der Waals surface area contributed by atoms with Crippen molar-refractivity contribution in [2.24, 2.45) is 0 Å². The number of nitrogens with zero attached hydrogens (tertiary/aromatic N) is 2. The SMILES string of the molecule is CCCCCCCCCCCCCCCCCCCCCCCCCCCCC(=C=[N+]=[N-])C=C(c1cccc(CCCC)c1)c1cccc(CCCCCCCCCCCCCCC)c1. The molecule has 2 rings (SSSR count). The molecule has 2 heteroatoms. The third-order valence-electron chi connectivity index (χ3n) is 14.2. The summed E-state index contributed by atoms with van der Waals surface area (Å²) in [6.07, 6.45) is 62.6. The third-order valence-corrected chi connectivity index (χ3v) is 14.2. The monoisotopic (exact) mass is 891 g/mol. The highest BCUT2D eigenvalue weighted by Gasteiger charge is 2.11. The molecule has 0 aliphatic heterocycles. The lowest BCUT2D eigenvalue weighted by Crippen LogP contribution is -1.95. The Kier molecular flexibility index (Phi) is 40.6. The molecule has 0 fully saturated rings. The average molecular weight is 892 g/mol. The first-order valence-electron chi connectivity index (χ1n) is 29.1. The quantitative estimate of drug-likeness (QED) is 0.0209. The van der Waals surface area contributed by atoms with Crippen molar-refractivity contribution in [1.82, 2.24) is 0 Å². The summed E-state index contributed by atoms with van der Waals surface area (Å²) in [6, 6.07) is 18.4. The van der Waals surface area contributed by atoms with Crippen LogP contribution in [0.5, 0.6) is 0 Å². The molecule has 0 spiro atoms. The molecule has 2 nitrogen and oxygen atoms in total. The standard InChI is InChI=1S/C63H106N2/c1-4-7-10-12-14-16-18-20-21-22-23-24-25-26-27-28-29-30-31-32-34-36-38-40-42-44-49-60(57-65-64)56-63(61-52-45-50-58(54-61)47-9-6-3)62-53-46-51-59(55-62)48-43-41-39-37-35-33-19-17-15-13-11-8-5-2/h45-46,50-56H,4-44,47-49H2,1-3H3. The Labute approximate surface area is 405 Å². The van der Waals surface area contributed by atoms with Crippen LogP contribution in [-0.4, -0.2) is 10.7 Å². The third kappa shape index (κ3) is 34.3. The summed E-state index contributed by atoms with van der Waals surface area (Å²) in [5, 5.41) is 0. The van der Waals surface area contributed by atoms with E-state index in [9.17, 15) is 5.53 Å². The molecule has 0 amide bonds. The smallest absolute Gasteiger partial charge is 0.303 e. The van der Waals surface area contributed by atoms with E-state index in [0.717, 1.165) is 31.3 Å². The molecule has 368 valence electrons. The average Bonchev–Trinajstić information content (AvgIpc) is 3.32. The van der Waals surface area contributed by atoms with Gasteiger partial charge in [0.05, 0.1) is 5.57 Å². The van der Waals surface area contributed by atoms with Gasteiger partial charge in [0.15, 0.2) is 0 Å². The van der Waals surface area contributed by atoms with E-state index in [4.69, 9.17) is 0 Å². The second-order valence-corrected chi connectivity index (χ2v) is 20.4. The predicted octanol–water partition coefficient (Wildman–Crippen LogP) is 21.5. The van der Waals surface area contributed by atoms with Gasteiger partial charge < -0.3 is 5.53 Å². The molecule has 0 saturated carbocycles. The number of hydrogen-bond acceptors (Lipinski definition) is 0. The van der Waals surface area contributed by atoms with Crippen molar-refractivity contribution < 1.29 is 4.79 Å². The molecule has 0 aliphatic carbocycles. The van der Waals surface area contributed by atoms with Gasteiger partial charge in [-0.25, -0.2) is 0 Å². The lowest BCUT2D eigenvalue weighted by atomic mass is 9.91. The van der Waals surface area contributed by atoms with Crippen LogP contribution in [0.15, 0.2) is 60.2 Å². The van der Waals surface area contributed by atoms with E-state index in [1.165, 1.54) is 285 Å². The van der Waals surface area contributed by atoms with E-state index in [2.05, 4.69) is 86.0 Å². The fourth-order valence-electron chi connectivity index (χ4n) is 9.88. The number of hydrogen-bond donors (Lipinski definition) is 0. The lowest BCUT2D eigenvalue weighted by molar-refractivity contribution is 0.00746. The predicted molar refractivity (Wildman–Crippen MR) is 290 cm³/mol. The van der Waals surface area contributed by atoms with Gasteiger partial charge in [-0.2, -0.15) is 0 Å². The molecule has 0 bridgehead atoms. The summed E-state index contributed by atoms with van der Waals surface area (Å²) in [6.45, 7) is 6.88. The van der Waals surface area contributed by atoms with Crippen molar-refractivity contribution in [3.63, 3.8) is 0 Å². The summed E-state index contributed by atoms with van der Waals surface area (Å²) in [5.41, 5.74) is 17.2. The molecule has 0 heterocycles. The van der Waals surface area contributed by atoms with E-state index in [1.807, 2.05) is 0 Å². The summed E-state index contributed by atoms with van der Waals surface area (Å²) >= 11 is 0. The van der Waals surface area contributed by atoms with Gasteiger partial charge >= 0.3 is 5.87 Å². The molecular weight excluding hydrogens is 785 g/mol. The molecule has 0 radical (unpaired) electrons. The van der Waals surface area contributed by atoms with Gasteiger partial charge in [0, 0.05) is 0 Å². The molecule has 0 aromatic heterocycles. The Morgan fingerprint density at radius 1 is 0.385 bits per heavy atom. The van der Waals surface area contributed by atoms with Crippen LogP contribution in [0.3, 0.4) is 0 Å². The van der Waals surface area contributed by atoms with Crippen LogP contribution in [0.2, 0.25) is 0 Å². The minimum Gasteiger partial charge on any atom is -0.348 e. The first-order chi connectivity index (χ1) is 32.2. The molecule has 0 unspecified atom stereocenters. The Morgan fingerprint density at radius 2 is 0.677 bits per heavy atom. The summed E-state index contributed by atoms with van der Waals surface area (Å²) in [7, 11) is 0.